The molecule has 6 nitrogen and oxygen atoms in total. The van der Waals surface area contributed by atoms with Crippen LogP contribution >= 0.6 is 0 Å². The number of hydrogen-bond acceptors (Lipinski definition) is 6. The van der Waals surface area contributed by atoms with Crippen molar-refractivity contribution in [3.63, 3.8) is 0 Å². The number of hydrazine groups is 1. The lowest BCUT2D eigenvalue weighted by Crippen LogP contribution is -2.52. The third-order valence-electron chi connectivity index (χ3n) is 4.45. The van der Waals surface area contributed by atoms with E-state index in [0.29, 0.717) is 25.7 Å². The number of ether oxygens (including phenoxy) is 4. The molecule has 2 unspecified atom stereocenters. The second-order valence-corrected chi connectivity index (χ2v) is 5.74. The van der Waals surface area contributed by atoms with Gasteiger partial charge in [-0.2, -0.15) is 0 Å². The van der Waals surface area contributed by atoms with Crippen molar-refractivity contribution < 1.29 is 18.9 Å². The Morgan fingerprint density at radius 1 is 1.30 bits per heavy atom. The van der Waals surface area contributed by atoms with E-state index in [0.717, 1.165) is 45.5 Å². The van der Waals surface area contributed by atoms with E-state index in [1.54, 1.807) is 7.11 Å². The fourth-order valence-corrected chi connectivity index (χ4v) is 3.17. The van der Waals surface area contributed by atoms with Gasteiger partial charge in [-0.1, -0.05) is 0 Å². The molecule has 2 saturated heterocycles. The summed E-state index contributed by atoms with van der Waals surface area (Å²) in [6, 6.07) is 0.176. The summed E-state index contributed by atoms with van der Waals surface area (Å²) in [5, 5.41) is 0. The molecule has 6 heteroatoms. The number of methoxy groups -OCH3 is 1. The highest BCUT2D eigenvalue weighted by Gasteiger charge is 2.41. The van der Waals surface area contributed by atoms with Crippen molar-refractivity contribution in [2.75, 3.05) is 46.8 Å². The molecule has 118 valence electrons. The molecule has 3 N–H and O–H groups in total. The monoisotopic (exact) mass is 288 g/mol. The van der Waals surface area contributed by atoms with E-state index in [1.807, 2.05) is 0 Å². The van der Waals surface area contributed by atoms with Crippen molar-refractivity contribution in [3.8, 4) is 0 Å². The van der Waals surface area contributed by atoms with Crippen molar-refractivity contribution in [3.05, 3.63) is 0 Å². The Balaban J connectivity index is 1.82. The Bertz CT molecular complexity index is 266. The lowest BCUT2D eigenvalue weighted by atomic mass is 9.78. The molecule has 0 amide bonds. The minimum absolute atomic E-state index is 0.00277. The average Bonchev–Trinajstić information content (AvgIpc) is 2.48. The first-order chi connectivity index (χ1) is 9.79. The maximum absolute atomic E-state index is 6.06. The zero-order valence-electron chi connectivity index (χ0n) is 12.4. The summed E-state index contributed by atoms with van der Waals surface area (Å²) in [5.74, 6) is 6.20. The van der Waals surface area contributed by atoms with Crippen LogP contribution in [0.15, 0.2) is 0 Å². The minimum atomic E-state index is 0.00277. The molecule has 0 aromatic carbocycles. The molecule has 0 aromatic heterocycles. The van der Waals surface area contributed by atoms with Crippen molar-refractivity contribution in [1.29, 1.82) is 0 Å². The fraction of sp³-hybridized carbons (Fsp3) is 1.00. The predicted octanol–water partition coefficient (Wildman–Crippen LogP) is 0.457. The van der Waals surface area contributed by atoms with E-state index >= 15 is 0 Å². The molecular weight excluding hydrogens is 260 g/mol. The van der Waals surface area contributed by atoms with Gasteiger partial charge in [0.15, 0.2) is 0 Å². The molecule has 0 saturated carbocycles. The Hall–Kier alpha value is -0.240. The molecule has 2 fully saturated rings. The van der Waals surface area contributed by atoms with Crippen molar-refractivity contribution >= 4 is 0 Å². The molecule has 0 radical (unpaired) electrons. The van der Waals surface area contributed by atoms with Crippen LogP contribution in [0, 0.1) is 5.92 Å². The molecule has 2 atom stereocenters. The van der Waals surface area contributed by atoms with Gasteiger partial charge in [-0.05, 0) is 31.6 Å². The molecule has 2 aliphatic rings. The van der Waals surface area contributed by atoms with E-state index in [-0.39, 0.29) is 11.6 Å². The summed E-state index contributed by atoms with van der Waals surface area (Å²) in [6.45, 7) is 4.26. The first-order valence-electron chi connectivity index (χ1n) is 7.54. The lowest BCUT2D eigenvalue weighted by Gasteiger charge is -2.45. The summed E-state index contributed by atoms with van der Waals surface area (Å²) in [4.78, 5) is 0. The van der Waals surface area contributed by atoms with Gasteiger partial charge >= 0.3 is 0 Å². The van der Waals surface area contributed by atoms with E-state index < -0.39 is 0 Å². The third-order valence-corrected chi connectivity index (χ3v) is 4.45. The Kier molecular flexibility index (Phi) is 6.67. The summed E-state index contributed by atoms with van der Waals surface area (Å²) in [5.41, 5.74) is 2.92. The van der Waals surface area contributed by atoms with Gasteiger partial charge in [-0.25, -0.2) is 0 Å². The summed E-state index contributed by atoms with van der Waals surface area (Å²) in [7, 11) is 1.68. The van der Waals surface area contributed by atoms with Crippen LogP contribution in [0.25, 0.3) is 0 Å². The summed E-state index contributed by atoms with van der Waals surface area (Å²) in [6.07, 6.45) is 4.06. The number of nitrogens with one attached hydrogen (secondary N) is 1. The molecule has 2 rings (SSSR count). The summed E-state index contributed by atoms with van der Waals surface area (Å²) >= 11 is 0. The van der Waals surface area contributed by atoms with Gasteiger partial charge in [-0.15, -0.1) is 0 Å². The molecule has 20 heavy (non-hydrogen) atoms. The van der Waals surface area contributed by atoms with Crippen LogP contribution < -0.4 is 11.3 Å². The van der Waals surface area contributed by atoms with Gasteiger partial charge in [0.2, 0.25) is 0 Å². The molecule has 2 heterocycles. The fourth-order valence-electron chi connectivity index (χ4n) is 3.17. The van der Waals surface area contributed by atoms with Gasteiger partial charge in [0.05, 0.1) is 25.4 Å². The molecule has 0 aliphatic carbocycles. The van der Waals surface area contributed by atoms with Gasteiger partial charge in [0.1, 0.15) is 0 Å². The number of hydrogen-bond donors (Lipinski definition) is 2. The van der Waals surface area contributed by atoms with E-state index in [4.69, 9.17) is 24.8 Å². The standard InChI is InChI=1S/C14H28N2O4/c1-17-8-9-19-11-13(16-15)12-2-5-20-14(10-12)3-6-18-7-4-14/h12-13,16H,2-11,15H2,1H3. The largest absolute Gasteiger partial charge is 0.382 e. The SMILES string of the molecule is COCCOCC(NN)C1CCOC2(CCOCC2)C1. The quantitative estimate of drug-likeness (QED) is 0.403. The molecule has 0 bridgehead atoms. The maximum atomic E-state index is 6.06. The molecular formula is C14H28N2O4. The average molecular weight is 288 g/mol. The molecule has 1 spiro atoms. The zero-order chi connectivity index (χ0) is 14.3. The number of nitrogens with two attached hydrogens (primary N) is 1. The van der Waals surface area contributed by atoms with Gasteiger partial charge in [-0.3, -0.25) is 11.3 Å². The van der Waals surface area contributed by atoms with Crippen molar-refractivity contribution in [1.82, 2.24) is 5.43 Å². The van der Waals surface area contributed by atoms with Crippen molar-refractivity contribution in [2.24, 2.45) is 11.8 Å². The Labute approximate surface area is 121 Å². The van der Waals surface area contributed by atoms with E-state index in [9.17, 15) is 0 Å². The molecule has 0 aromatic rings. The van der Waals surface area contributed by atoms with Crippen LogP contribution in [0.2, 0.25) is 0 Å². The van der Waals surface area contributed by atoms with Gasteiger partial charge in [0, 0.05) is 33.0 Å². The Morgan fingerprint density at radius 2 is 2.10 bits per heavy atom. The second kappa shape index (κ2) is 8.26. The van der Waals surface area contributed by atoms with Gasteiger partial charge in [0.25, 0.3) is 0 Å². The van der Waals surface area contributed by atoms with Crippen LogP contribution in [-0.2, 0) is 18.9 Å². The van der Waals surface area contributed by atoms with E-state index in [2.05, 4.69) is 5.43 Å². The highest BCUT2D eigenvalue weighted by molar-refractivity contribution is 4.92. The third kappa shape index (κ3) is 4.38. The van der Waals surface area contributed by atoms with Crippen LogP contribution in [-0.4, -0.2) is 58.4 Å². The maximum Gasteiger partial charge on any atom is 0.0729 e. The smallest absolute Gasteiger partial charge is 0.0729 e. The zero-order valence-corrected chi connectivity index (χ0v) is 12.4. The predicted molar refractivity (Wildman–Crippen MR) is 75.3 cm³/mol. The lowest BCUT2D eigenvalue weighted by molar-refractivity contribution is -0.152. The number of rotatable bonds is 7. The van der Waals surface area contributed by atoms with Crippen molar-refractivity contribution in [2.45, 2.75) is 37.3 Å². The minimum Gasteiger partial charge on any atom is -0.382 e. The van der Waals surface area contributed by atoms with Crippen LogP contribution in [0.4, 0.5) is 0 Å². The Morgan fingerprint density at radius 3 is 2.80 bits per heavy atom. The first kappa shape index (κ1) is 16.1. The molecule has 2 aliphatic heterocycles. The normalized spacial score (nSPS) is 27.6. The highest BCUT2D eigenvalue weighted by atomic mass is 16.5. The summed E-state index contributed by atoms with van der Waals surface area (Å²) < 4.78 is 22.1. The van der Waals surface area contributed by atoms with Crippen LogP contribution in [0.5, 0.6) is 0 Å². The topological polar surface area (TPSA) is 75.0 Å². The van der Waals surface area contributed by atoms with Crippen LogP contribution in [0.1, 0.15) is 25.7 Å². The first-order valence-corrected chi connectivity index (χ1v) is 7.54. The highest BCUT2D eigenvalue weighted by Crippen LogP contribution is 2.38. The van der Waals surface area contributed by atoms with E-state index in [1.165, 1.54) is 0 Å². The van der Waals surface area contributed by atoms with Crippen LogP contribution in [0.3, 0.4) is 0 Å². The second-order valence-electron chi connectivity index (χ2n) is 5.74. The van der Waals surface area contributed by atoms with Gasteiger partial charge < -0.3 is 18.9 Å².